The zero-order valence-electron chi connectivity index (χ0n) is 17.6. The molecule has 0 amide bonds. The summed E-state index contributed by atoms with van der Waals surface area (Å²) in [7, 11) is 0. The zero-order valence-corrected chi connectivity index (χ0v) is 18.5. The van der Waals surface area contributed by atoms with Crippen molar-refractivity contribution in [2.24, 2.45) is 9.98 Å². The molecule has 30 heavy (non-hydrogen) atoms. The Balaban J connectivity index is 1.45. The number of benzene rings is 2. The summed E-state index contributed by atoms with van der Waals surface area (Å²) in [6.45, 7) is 8.01. The first kappa shape index (κ1) is 21.8. The van der Waals surface area contributed by atoms with Crippen molar-refractivity contribution >= 4 is 27.8 Å². The average Bonchev–Trinajstić information content (AvgIpc) is 2.72. The minimum absolute atomic E-state index is 0.618. The van der Waals surface area contributed by atoms with Gasteiger partial charge in [-0.3, -0.25) is 0 Å². The van der Waals surface area contributed by atoms with Crippen LogP contribution in [0.4, 0.5) is 5.69 Å². The number of anilines is 1. The zero-order chi connectivity index (χ0) is 21.2. The molecule has 7 heteroatoms. The normalized spacial score (nSPS) is 14.7. The van der Waals surface area contributed by atoms with Gasteiger partial charge in [0.05, 0.1) is 13.2 Å². The average molecular weight is 425 g/mol. The van der Waals surface area contributed by atoms with Crippen molar-refractivity contribution in [1.29, 1.82) is 0 Å². The van der Waals surface area contributed by atoms with Crippen molar-refractivity contribution in [1.82, 2.24) is 5.32 Å². The summed E-state index contributed by atoms with van der Waals surface area (Å²) >= 11 is 1.53. The fourth-order valence-electron chi connectivity index (χ4n) is 2.79. The predicted octanol–water partition coefficient (Wildman–Crippen LogP) is 5.05. The molecule has 3 rings (SSSR count). The van der Waals surface area contributed by atoms with Crippen molar-refractivity contribution in [3.63, 3.8) is 0 Å². The van der Waals surface area contributed by atoms with Gasteiger partial charge in [-0.05, 0) is 68.8 Å². The van der Waals surface area contributed by atoms with E-state index in [1.165, 1.54) is 17.3 Å². The van der Waals surface area contributed by atoms with Crippen molar-refractivity contribution in [3.8, 4) is 11.5 Å². The highest BCUT2D eigenvalue weighted by Crippen LogP contribution is 2.28. The number of allylic oxidation sites excluding steroid dienone is 1. The summed E-state index contributed by atoms with van der Waals surface area (Å²) in [4.78, 5) is 8.80. The summed E-state index contributed by atoms with van der Waals surface area (Å²) in [6.07, 6.45) is 2.70. The molecule has 0 fully saturated rings. The van der Waals surface area contributed by atoms with Crippen LogP contribution in [-0.4, -0.2) is 30.1 Å². The summed E-state index contributed by atoms with van der Waals surface area (Å²) in [5.74, 6) is 1.60. The number of amidine groups is 2. The van der Waals surface area contributed by atoms with Crippen LogP contribution in [0.1, 0.15) is 26.3 Å². The van der Waals surface area contributed by atoms with Crippen LogP contribution >= 0.6 is 11.8 Å². The van der Waals surface area contributed by atoms with E-state index >= 15 is 0 Å². The number of aliphatic imine (C=N–C) groups is 2. The third-order valence-electron chi connectivity index (χ3n) is 4.20. The number of nitrogens with one attached hydrogen (secondary N) is 2. The van der Waals surface area contributed by atoms with E-state index in [1.54, 1.807) is 0 Å². The number of rotatable bonds is 10. The maximum atomic E-state index is 5.69. The molecule has 0 bridgehead atoms. The van der Waals surface area contributed by atoms with Gasteiger partial charge in [-0.1, -0.05) is 24.3 Å². The molecular formula is C23H28N4O2S. The number of ether oxygens (including phenoxy) is 2. The Labute approximate surface area is 182 Å². The van der Waals surface area contributed by atoms with Crippen molar-refractivity contribution in [2.45, 2.75) is 27.2 Å². The standard InChI is InChI=1S/C23H28N4O2S/c1-4-28-20-12-11-18(15-21(20)29-5-2)13-14-24-17(3)16-25-22-27-23(30-22)26-19-9-7-6-8-10-19/h6-12,15-16,24H,4-5,13-14H2,1-3H3,(H,25,26,27). The van der Waals surface area contributed by atoms with Gasteiger partial charge in [0.15, 0.2) is 21.8 Å². The largest absolute Gasteiger partial charge is 0.490 e. The molecule has 2 aromatic carbocycles. The van der Waals surface area contributed by atoms with E-state index in [0.717, 1.165) is 46.2 Å². The second kappa shape index (κ2) is 11.3. The number of para-hydroxylation sites is 1. The molecule has 0 unspecified atom stereocenters. The molecular weight excluding hydrogens is 396 g/mol. The van der Waals surface area contributed by atoms with Gasteiger partial charge in [-0.2, -0.15) is 4.99 Å². The van der Waals surface area contributed by atoms with Crippen LogP contribution in [0.25, 0.3) is 0 Å². The molecule has 158 valence electrons. The Bertz CT molecular complexity index is 926. The molecule has 0 spiro atoms. The Hall–Kier alpha value is -2.93. The summed E-state index contributed by atoms with van der Waals surface area (Å²) in [5.41, 5.74) is 3.22. The highest BCUT2D eigenvalue weighted by atomic mass is 32.2. The lowest BCUT2D eigenvalue weighted by Gasteiger charge is -2.15. The molecule has 1 aliphatic heterocycles. The quantitative estimate of drug-likeness (QED) is 0.559. The van der Waals surface area contributed by atoms with Gasteiger partial charge in [0, 0.05) is 24.1 Å². The van der Waals surface area contributed by atoms with E-state index in [4.69, 9.17) is 9.47 Å². The molecule has 0 aromatic heterocycles. The molecule has 1 aliphatic rings. The highest BCUT2D eigenvalue weighted by Gasteiger charge is 2.16. The van der Waals surface area contributed by atoms with E-state index in [-0.39, 0.29) is 0 Å². The number of thioether (sulfide) groups is 1. The summed E-state index contributed by atoms with van der Waals surface area (Å²) < 4.78 is 11.3. The SMILES string of the molecule is CCOc1ccc(CCNC(C)=CN=C2N=C(Nc3ccccc3)S2)cc1OCC. The van der Waals surface area contributed by atoms with E-state index in [0.29, 0.717) is 13.2 Å². The molecule has 0 saturated carbocycles. The Morgan fingerprint density at radius 3 is 2.53 bits per heavy atom. The highest BCUT2D eigenvalue weighted by molar-refractivity contribution is 8.29. The Morgan fingerprint density at radius 2 is 1.80 bits per heavy atom. The van der Waals surface area contributed by atoms with E-state index < -0.39 is 0 Å². The Morgan fingerprint density at radius 1 is 1.07 bits per heavy atom. The second-order valence-corrected chi connectivity index (χ2v) is 7.51. The monoisotopic (exact) mass is 424 g/mol. The summed E-state index contributed by atoms with van der Waals surface area (Å²) in [5, 5.41) is 8.25. The predicted molar refractivity (Wildman–Crippen MR) is 127 cm³/mol. The second-order valence-electron chi connectivity index (χ2n) is 6.56. The van der Waals surface area contributed by atoms with E-state index in [9.17, 15) is 0 Å². The third-order valence-corrected chi connectivity index (χ3v) is 4.97. The van der Waals surface area contributed by atoms with Crippen molar-refractivity contribution in [2.75, 3.05) is 25.1 Å². The number of hydrogen-bond donors (Lipinski definition) is 2. The van der Waals surface area contributed by atoms with Crippen LogP contribution in [0.2, 0.25) is 0 Å². The Kier molecular flexibility index (Phi) is 8.20. The van der Waals surface area contributed by atoms with Gasteiger partial charge in [0.2, 0.25) is 0 Å². The maximum Gasteiger partial charge on any atom is 0.197 e. The molecule has 0 saturated heterocycles. The van der Waals surface area contributed by atoms with Crippen LogP contribution in [0.5, 0.6) is 11.5 Å². The lowest BCUT2D eigenvalue weighted by molar-refractivity contribution is 0.287. The lowest BCUT2D eigenvalue weighted by atomic mass is 10.1. The maximum absolute atomic E-state index is 5.69. The molecule has 0 atom stereocenters. The lowest BCUT2D eigenvalue weighted by Crippen LogP contribution is -2.19. The number of hydrogen-bond acceptors (Lipinski definition) is 6. The van der Waals surface area contributed by atoms with Gasteiger partial charge >= 0.3 is 0 Å². The van der Waals surface area contributed by atoms with Crippen molar-refractivity contribution < 1.29 is 9.47 Å². The molecule has 6 nitrogen and oxygen atoms in total. The van der Waals surface area contributed by atoms with Crippen LogP contribution in [0.3, 0.4) is 0 Å². The minimum Gasteiger partial charge on any atom is -0.490 e. The smallest absolute Gasteiger partial charge is 0.197 e. The van der Waals surface area contributed by atoms with Crippen LogP contribution in [0, 0.1) is 0 Å². The molecule has 1 heterocycles. The van der Waals surface area contributed by atoms with Gasteiger partial charge in [-0.25, -0.2) is 4.99 Å². The van der Waals surface area contributed by atoms with Gasteiger partial charge in [0.25, 0.3) is 0 Å². The molecule has 0 aliphatic carbocycles. The fourth-order valence-corrected chi connectivity index (χ4v) is 3.37. The first-order chi connectivity index (χ1) is 14.7. The first-order valence-electron chi connectivity index (χ1n) is 10.1. The minimum atomic E-state index is 0.618. The van der Waals surface area contributed by atoms with Gasteiger partial charge in [-0.15, -0.1) is 0 Å². The third kappa shape index (κ3) is 6.56. The van der Waals surface area contributed by atoms with Gasteiger partial charge in [0.1, 0.15) is 0 Å². The van der Waals surface area contributed by atoms with Crippen LogP contribution in [0.15, 0.2) is 70.4 Å². The summed E-state index contributed by atoms with van der Waals surface area (Å²) in [6, 6.07) is 16.1. The molecule has 2 N–H and O–H groups in total. The molecule has 2 aromatic rings. The van der Waals surface area contributed by atoms with Crippen LogP contribution in [-0.2, 0) is 6.42 Å². The van der Waals surface area contributed by atoms with E-state index in [2.05, 4.69) is 32.8 Å². The number of nitrogens with zero attached hydrogens (tertiary/aromatic N) is 2. The fraction of sp³-hybridized carbons (Fsp3) is 0.304. The van der Waals surface area contributed by atoms with Gasteiger partial charge < -0.3 is 20.1 Å². The topological polar surface area (TPSA) is 67.2 Å². The van der Waals surface area contributed by atoms with Crippen LogP contribution < -0.4 is 20.1 Å². The molecule has 0 radical (unpaired) electrons. The van der Waals surface area contributed by atoms with E-state index in [1.807, 2.05) is 63.4 Å². The first-order valence-corrected chi connectivity index (χ1v) is 10.9. The van der Waals surface area contributed by atoms with Crippen molar-refractivity contribution in [3.05, 3.63) is 66.0 Å².